The van der Waals surface area contributed by atoms with Crippen LogP contribution in [0.4, 0.5) is 0 Å². The number of carbonyl (C=O) groups excluding carboxylic acids is 1. The van der Waals surface area contributed by atoms with E-state index in [1.165, 1.54) is 0 Å². The molecule has 1 heterocycles. The van der Waals surface area contributed by atoms with Crippen LogP contribution in [0.2, 0.25) is 0 Å². The molecule has 0 radical (unpaired) electrons. The molecule has 0 aliphatic heterocycles. The summed E-state index contributed by atoms with van der Waals surface area (Å²) in [6.07, 6.45) is -0.109. The van der Waals surface area contributed by atoms with Gasteiger partial charge in [0.05, 0.1) is 6.10 Å². The Kier molecular flexibility index (Phi) is 5.95. The minimum atomic E-state index is -0.525. The van der Waals surface area contributed by atoms with E-state index >= 15 is 0 Å². The van der Waals surface area contributed by atoms with Crippen LogP contribution in [0.25, 0.3) is 11.1 Å². The summed E-state index contributed by atoms with van der Waals surface area (Å²) in [6.45, 7) is 1.79. The predicted molar refractivity (Wildman–Crippen MR) is 98.8 cm³/mol. The van der Waals surface area contributed by atoms with Gasteiger partial charge in [-0.05, 0) is 41.8 Å². The Morgan fingerprint density at radius 2 is 1.96 bits per heavy atom. The summed E-state index contributed by atoms with van der Waals surface area (Å²) in [5.41, 5.74) is 3.35. The van der Waals surface area contributed by atoms with Crippen molar-refractivity contribution in [2.75, 3.05) is 6.54 Å². The molecule has 3 N–H and O–H groups in total. The zero-order valence-corrected chi connectivity index (χ0v) is 14.9. The molecule has 0 saturated carbocycles. The highest BCUT2D eigenvalue weighted by Crippen LogP contribution is 2.23. The molecule has 1 amide bonds. The molecule has 1 aromatic heterocycles. The van der Waals surface area contributed by atoms with Gasteiger partial charge in [-0.15, -0.1) is 0 Å². The number of aromatic nitrogens is 2. The molecule has 2 aromatic carbocycles. The predicted octanol–water partition coefficient (Wildman–Crippen LogP) is 2.25. The van der Waals surface area contributed by atoms with Crippen LogP contribution in [-0.2, 0) is 13.0 Å². The van der Waals surface area contributed by atoms with Crippen molar-refractivity contribution in [3.05, 3.63) is 71.4 Å². The van der Waals surface area contributed by atoms with Crippen LogP contribution < -0.4 is 5.32 Å². The van der Waals surface area contributed by atoms with Gasteiger partial charge in [0.2, 0.25) is 0 Å². The number of carbonyl (C=O) groups is 1. The van der Waals surface area contributed by atoms with Crippen LogP contribution in [0, 0.1) is 0 Å². The fraction of sp³-hybridized carbons (Fsp3) is 0.250. The molecular formula is C20H21N3O4. The lowest BCUT2D eigenvalue weighted by atomic mass is 10.00. The van der Waals surface area contributed by atoms with E-state index in [9.17, 15) is 9.90 Å². The van der Waals surface area contributed by atoms with Crippen LogP contribution in [0.1, 0.15) is 40.7 Å². The first-order valence-corrected chi connectivity index (χ1v) is 8.66. The van der Waals surface area contributed by atoms with Crippen molar-refractivity contribution < 1.29 is 19.5 Å². The second-order valence-electron chi connectivity index (χ2n) is 6.15. The summed E-state index contributed by atoms with van der Waals surface area (Å²) in [5, 5.41) is 25.1. The highest BCUT2D eigenvalue weighted by atomic mass is 16.5. The maximum atomic E-state index is 12.2. The fourth-order valence-electron chi connectivity index (χ4n) is 2.64. The molecule has 3 aromatic rings. The molecular weight excluding hydrogens is 346 g/mol. The van der Waals surface area contributed by atoms with Crippen molar-refractivity contribution in [3.63, 3.8) is 0 Å². The number of aliphatic hydroxyl groups is 2. The van der Waals surface area contributed by atoms with Crippen molar-refractivity contribution in [2.45, 2.75) is 26.1 Å². The molecule has 0 saturated heterocycles. The largest absolute Gasteiger partial charge is 0.389 e. The number of rotatable bonds is 7. The smallest absolute Gasteiger partial charge is 0.252 e. The van der Waals surface area contributed by atoms with Crippen LogP contribution in [0.5, 0.6) is 0 Å². The number of aliphatic hydroxyl groups excluding tert-OH is 2. The van der Waals surface area contributed by atoms with Gasteiger partial charge in [-0.3, -0.25) is 4.79 Å². The average molecular weight is 367 g/mol. The lowest BCUT2D eigenvalue weighted by molar-refractivity contribution is 0.0954. The highest BCUT2D eigenvalue weighted by molar-refractivity contribution is 5.94. The van der Waals surface area contributed by atoms with Gasteiger partial charge < -0.3 is 20.1 Å². The summed E-state index contributed by atoms with van der Waals surface area (Å²) in [4.78, 5) is 16.2. The summed E-state index contributed by atoms with van der Waals surface area (Å²) in [6, 6.07) is 15.0. The number of benzene rings is 2. The third-order valence-corrected chi connectivity index (χ3v) is 4.13. The van der Waals surface area contributed by atoms with Crippen LogP contribution >= 0.6 is 0 Å². The van der Waals surface area contributed by atoms with Gasteiger partial charge in [0.15, 0.2) is 5.82 Å². The number of nitrogens with zero attached hydrogens (tertiary/aromatic N) is 2. The Morgan fingerprint density at radius 3 is 2.63 bits per heavy atom. The molecule has 0 bridgehead atoms. The van der Waals surface area contributed by atoms with E-state index in [0.717, 1.165) is 16.7 Å². The van der Waals surface area contributed by atoms with Crippen molar-refractivity contribution >= 4 is 5.91 Å². The van der Waals surface area contributed by atoms with Gasteiger partial charge >= 0.3 is 0 Å². The molecule has 7 nitrogen and oxygen atoms in total. The highest BCUT2D eigenvalue weighted by Gasteiger charge is 2.09. The van der Waals surface area contributed by atoms with E-state index in [1.807, 2.05) is 36.4 Å². The van der Waals surface area contributed by atoms with Crippen molar-refractivity contribution in [1.29, 1.82) is 0 Å². The summed E-state index contributed by atoms with van der Waals surface area (Å²) in [5.74, 6) is 0.407. The minimum Gasteiger partial charge on any atom is -0.389 e. The normalized spacial score (nSPS) is 12.0. The molecule has 140 valence electrons. The molecule has 27 heavy (non-hydrogen) atoms. The zero-order valence-electron chi connectivity index (χ0n) is 14.9. The zero-order chi connectivity index (χ0) is 19.2. The quantitative estimate of drug-likeness (QED) is 0.591. The van der Waals surface area contributed by atoms with Gasteiger partial charge in [0.25, 0.3) is 11.8 Å². The number of hydrogen-bond donors (Lipinski definition) is 3. The van der Waals surface area contributed by atoms with Crippen molar-refractivity contribution in [2.24, 2.45) is 0 Å². The molecule has 7 heteroatoms. The van der Waals surface area contributed by atoms with Crippen molar-refractivity contribution in [3.8, 4) is 11.1 Å². The van der Waals surface area contributed by atoms with Gasteiger partial charge in [-0.25, -0.2) is 0 Å². The van der Waals surface area contributed by atoms with E-state index in [2.05, 4.69) is 15.5 Å². The molecule has 0 fully saturated rings. The number of amides is 1. The monoisotopic (exact) mass is 367 g/mol. The summed E-state index contributed by atoms with van der Waals surface area (Å²) in [7, 11) is 0. The second kappa shape index (κ2) is 8.57. The number of nitrogens with one attached hydrogen (secondary N) is 1. The first kappa shape index (κ1) is 18.8. The van der Waals surface area contributed by atoms with Crippen molar-refractivity contribution in [1.82, 2.24) is 15.5 Å². The molecule has 0 aliphatic carbocycles. The summed E-state index contributed by atoms with van der Waals surface area (Å²) >= 11 is 0. The Labute approximate surface area is 156 Å². The van der Waals surface area contributed by atoms with Gasteiger partial charge in [0, 0.05) is 18.5 Å². The Morgan fingerprint density at radius 1 is 1.19 bits per heavy atom. The molecule has 0 spiro atoms. The molecule has 3 rings (SSSR count). The molecule has 1 unspecified atom stereocenters. The Bertz CT molecular complexity index is 904. The maximum Gasteiger partial charge on any atom is 0.252 e. The Hall–Kier alpha value is -3.03. The van der Waals surface area contributed by atoms with Gasteiger partial charge in [0.1, 0.15) is 6.61 Å². The van der Waals surface area contributed by atoms with E-state index in [1.54, 1.807) is 19.1 Å². The second-order valence-corrected chi connectivity index (χ2v) is 6.15. The van der Waals surface area contributed by atoms with Crippen LogP contribution in [0.15, 0.2) is 53.1 Å². The first-order valence-electron chi connectivity index (χ1n) is 8.66. The van der Waals surface area contributed by atoms with E-state index in [-0.39, 0.29) is 18.4 Å². The van der Waals surface area contributed by atoms with Gasteiger partial charge in [-0.2, -0.15) is 4.98 Å². The third kappa shape index (κ3) is 4.78. The van der Waals surface area contributed by atoms with E-state index in [4.69, 9.17) is 9.63 Å². The maximum absolute atomic E-state index is 12.2. The molecule has 0 aliphatic rings. The van der Waals surface area contributed by atoms with Crippen LogP contribution in [0.3, 0.4) is 0 Å². The topological polar surface area (TPSA) is 108 Å². The lowest BCUT2D eigenvalue weighted by Gasteiger charge is -2.09. The van der Waals surface area contributed by atoms with E-state index < -0.39 is 6.10 Å². The fourth-order valence-corrected chi connectivity index (χ4v) is 2.64. The average Bonchev–Trinajstić information content (AvgIpc) is 3.16. The SMILES string of the molecule is CC(O)c1cccc(-c2ccc(C(=O)NCCc3noc(CO)n3)cc2)c1. The van der Waals surface area contributed by atoms with E-state index in [0.29, 0.717) is 24.4 Å². The third-order valence-electron chi connectivity index (χ3n) is 4.13. The first-order chi connectivity index (χ1) is 13.1. The lowest BCUT2D eigenvalue weighted by Crippen LogP contribution is -2.25. The number of hydrogen-bond acceptors (Lipinski definition) is 6. The standard InChI is InChI=1S/C20H21N3O4/c1-13(25)16-3-2-4-17(11-16)14-5-7-15(8-6-14)20(26)21-10-9-18-22-19(12-24)27-23-18/h2-8,11,13,24-25H,9-10,12H2,1H3,(H,21,26). The minimum absolute atomic E-state index is 0.159. The Balaban J connectivity index is 1.59. The van der Waals surface area contributed by atoms with Gasteiger partial charge in [-0.1, -0.05) is 35.5 Å². The van der Waals surface area contributed by atoms with Crippen LogP contribution in [-0.4, -0.2) is 32.8 Å². The summed E-state index contributed by atoms with van der Waals surface area (Å²) < 4.78 is 4.79. The molecule has 1 atom stereocenters.